The predicted octanol–water partition coefficient (Wildman–Crippen LogP) is 2.70. The molecule has 2 N–H and O–H groups in total. The second-order valence-electron chi connectivity index (χ2n) is 8.42. The topological polar surface area (TPSA) is 80.3 Å². The van der Waals surface area contributed by atoms with Crippen LogP contribution in [0, 0.1) is 17.8 Å². The number of carbonyl (C=O) groups is 2. The molecule has 3 aliphatic carbocycles. The third-order valence-electron chi connectivity index (χ3n) is 6.77. The van der Waals surface area contributed by atoms with E-state index >= 15 is 0 Å². The molecular formula is C23H25N3O3. The van der Waals surface area contributed by atoms with Gasteiger partial charge in [-0.2, -0.15) is 0 Å². The van der Waals surface area contributed by atoms with Crippen molar-refractivity contribution in [2.75, 3.05) is 6.54 Å². The van der Waals surface area contributed by atoms with Crippen LogP contribution in [0.1, 0.15) is 41.6 Å². The van der Waals surface area contributed by atoms with Gasteiger partial charge in [0.05, 0.1) is 5.56 Å². The number of ether oxygens (including phenoxy) is 1. The second kappa shape index (κ2) is 7.17. The molecule has 3 saturated carbocycles. The van der Waals surface area contributed by atoms with Crippen molar-refractivity contribution in [3.63, 3.8) is 0 Å². The number of pyridine rings is 1. The zero-order valence-corrected chi connectivity index (χ0v) is 16.3. The summed E-state index contributed by atoms with van der Waals surface area (Å²) in [5.74, 6) is 1.09. The fraction of sp³-hybridized carbons (Fsp3) is 0.435. The van der Waals surface area contributed by atoms with Crippen LogP contribution in [0.25, 0.3) is 0 Å². The van der Waals surface area contributed by atoms with Gasteiger partial charge in [0.15, 0.2) is 5.72 Å². The van der Waals surface area contributed by atoms with Gasteiger partial charge in [-0.25, -0.2) is 0 Å². The molecule has 3 fully saturated rings. The Balaban J connectivity index is 1.25. The van der Waals surface area contributed by atoms with Crippen LogP contribution in [-0.2, 0) is 11.2 Å². The van der Waals surface area contributed by atoms with E-state index in [0.717, 1.165) is 25.7 Å². The average molecular weight is 391 g/mol. The summed E-state index contributed by atoms with van der Waals surface area (Å²) < 4.78 is 6.36. The normalized spacial score (nSPS) is 29.7. The van der Waals surface area contributed by atoms with E-state index in [1.807, 2.05) is 30.3 Å². The molecule has 150 valence electrons. The Kier molecular flexibility index (Phi) is 4.49. The average Bonchev–Trinajstić information content (AvgIpc) is 2.75. The third kappa shape index (κ3) is 3.26. The van der Waals surface area contributed by atoms with Crippen LogP contribution in [-0.4, -0.2) is 29.1 Å². The Bertz CT molecular complexity index is 932. The molecule has 1 aromatic carbocycles. The smallest absolute Gasteiger partial charge is 0.258 e. The fourth-order valence-corrected chi connectivity index (χ4v) is 5.29. The quantitative estimate of drug-likeness (QED) is 0.840. The molecule has 2 bridgehead atoms. The first-order valence-electron chi connectivity index (χ1n) is 10.4. The number of nitrogens with one attached hydrogen (secondary N) is 2. The van der Waals surface area contributed by atoms with Gasteiger partial charge in [0.1, 0.15) is 5.75 Å². The summed E-state index contributed by atoms with van der Waals surface area (Å²) in [5, 5.41) is 6.26. The van der Waals surface area contributed by atoms with E-state index in [9.17, 15) is 9.59 Å². The predicted molar refractivity (Wildman–Crippen MR) is 107 cm³/mol. The lowest BCUT2D eigenvalue weighted by molar-refractivity contribution is -0.146. The number of aromatic nitrogens is 1. The molecule has 1 aromatic heterocycles. The number of benzene rings is 1. The van der Waals surface area contributed by atoms with E-state index in [2.05, 4.69) is 15.6 Å². The van der Waals surface area contributed by atoms with E-state index in [1.54, 1.807) is 18.5 Å². The number of carbonyl (C=O) groups excluding carboxylic acids is 2. The first-order chi connectivity index (χ1) is 14.1. The number of hydrogen-bond acceptors (Lipinski definition) is 4. The van der Waals surface area contributed by atoms with Crippen molar-refractivity contribution >= 4 is 11.8 Å². The number of rotatable bonds is 4. The van der Waals surface area contributed by atoms with Gasteiger partial charge in [-0.3, -0.25) is 14.6 Å². The number of amides is 2. The molecule has 2 aromatic rings. The minimum absolute atomic E-state index is 0.00510. The van der Waals surface area contributed by atoms with Gasteiger partial charge in [-0.15, -0.1) is 0 Å². The molecule has 1 spiro atoms. The number of fused-ring (bicyclic) bond motifs is 3. The van der Waals surface area contributed by atoms with Crippen LogP contribution in [0.15, 0.2) is 48.8 Å². The molecule has 0 saturated heterocycles. The molecule has 4 atom stereocenters. The maximum atomic E-state index is 12.9. The molecular weight excluding hydrogens is 366 g/mol. The zero-order valence-electron chi connectivity index (χ0n) is 16.3. The second-order valence-corrected chi connectivity index (χ2v) is 8.42. The highest BCUT2D eigenvalue weighted by molar-refractivity contribution is 5.98. The highest BCUT2D eigenvalue weighted by Gasteiger charge is 2.57. The zero-order chi connectivity index (χ0) is 19.8. The van der Waals surface area contributed by atoms with Gasteiger partial charge in [-0.05, 0) is 61.4 Å². The van der Waals surface area contributed by atoms with Crippen molar-refractivity contribution in [1.82, 2.24) is 15.6 Å². The molecule has 0 unspecified atom stereocenters. The van der Waals surface area contributed by atoms with Crippen LogP contribution in [0.5, 0.6) is 5.75 Å². The van der Waals surface area contributed by atoms with Crippen molar-refractivity contribution in [2.45, 2.75) is 37.8 Å². The highest BCUT2D eigenvalue weighted by atomic mass is 16.5. The number of hydrogen-bond donors (Lipinski definition) is 2. The van der Waals surface area contributed by atoms with Gasteiger partial charge in [0.25, 0.3) is 5.91 Å². The first-order valence-corrected chi connectivity index (χ1v) is 10.4. The Hall–Kier alpha value is -2.89. The van der Waals surface area contributed by atoms with Gasteiger partial charge >= 0.3 is 0 Å². The van der Waals surface area contributed by atoms with E-state index in [4.69, 9.17) is 4.74 Å². The summed E-state index contributed by atoms with van der Waals surface area (Å²) in [7, 11) is 0. The minimum Gasteiger partial charge on any atom is -0.467 e. The Morgan fingerprint density at radius 3 is 2.83 bits per heavy atom. The molecule has 0 radical (unpaired) electrons. The van der Waals surface area contributed by atoms with Gasteiger partial charge < -0.3 is 15.4 Å². The number of nitrogens with zero attached hydrogens (tertiary/aromatic N) is 1. The largest absolute Gasteiger partial charge is 0.467 e. The maximum absolute atomic E-state index is 12.9. The third-order valence-corrected chi connectivity index (χ3v) is 6.77. The number of para-hydroxylation sites is 1. The molecule has 2 heterocycles. The van der Waals surface area contributed by atoms with Crippen molar-refractivity contribution in [1.29, 1.82) is 0 Å². The first kappa shape index (κ1) is 18.2. The Labute approximate surface area is 170 Å². The summed E-state index contributed by atoms with van der Waals surface area (Å²) in [5.41, 5.74) is 1.09. The molecule has 6 nitrogen and oxygen atoms in total. The molecule has 6 rings (SSSR count). The summed E-state index contributed by atoms with van der Waals surface area (Å²) in [4.78, 5) is 29.5. The Morgan fingerprint density at radius 1 is 1.21 bits per heavy atom. The molecule has 1 aliphatic heterocycles. The van der Waals surface area contributed by atoms with Crippen molar-refractivity contribution in [3.8, 4) is 5.75 Å². The Morgan fingerprint density at radius 2 is 2.03 bits per heavy atom. The van der Waals surface area contributed by atoms with Crippen LogP contribution in [0.2, 0.25) is 0 Å². The van der Waals surface area contributed by atoms with E-state index in [0.29, 0.717) is 24.3 Å². The highest BCUT2D eigenvalue weighted by Crippen LogP contribution is 2.52. The van der Waals surface area contributed by atoms with Crippen molar-refractivity contribution in [2.24, 2.45) is 17.8 Å². The molecule has 4 aliphatic rings. The summed E-state index contributed by atoms with van der Waals surface area (Å²) in [6.07, 6.45) is 7.79. The van der Waals surface area contributed by atoms with Crippen LogP contribution >= 0.6 is 0 Å². The lowest BCUT2D eigenvalue weighted by Gasteiger charge is -2.55. The van der Waals surface area contributed by atoms with E-state index in [-0.39, 0.29) is 29.6 Å². The van der Waals surface area contributed by atoms with Gasteiger partial charge in [0, 0.05) is 37.2 Å². The standard InChI is InChI=1S/C23H25N3O3/c27-21(25-12-9-15-7-10-24-11-8-15)19-13-17-6-5-16(19)14-23(17)26-22(28)18-3-1-2-4-20(18)29-23/h1-4,7-8,10-11,16-17,19H,5-6,9,12-14H2,(H,25,27)(H,26,28)/t16-,17-,19+,23+/m1/s1. The molecule has 6 heteroatoms. The van der Waals surface area contributed by atoms with E-state index < -0.39 is 5.72 Å². The van der Waals surface area contributed by atoms with E-state index in [1.165, 1.54) is 5.56 Å². The van der Waals surface area contributed by atoms with Gasteiger partial charge in [-0.1, -0.05) is 12.1 Å². The maximum Gasteiger partial charge on any atom is 0.258 e. The van der Waals surface area contributed by atoms with Crippen molar-refractivity contribution < 1.29 is 14.3 Å². The van der Waals surface area contributed by atoms with Crippen LogP contribution in [0.4, 0.5) is 0 Å². The van der Waals surface area contributed by atoms with Gasteiger partial charge in [0.2, 0.25) is 5.91 Å². The summed E-state index contributed by atoms with van der Waals surface area (Å²) in [6, 6.07) is 11.3. The lowest BCUT2D eigenvalue weighted by atomic mass is 9.60. The minimum atomic E-state index is -0.665. The lowest BCUT2D eigenvalue weighted by Crippen LogP contribution is -2.66. The van der Waals surface area contributed by atoms with Crippen molar-refractivity contribution in [3.05, 3.63) is 59.9 Å². The van der Waals surface area contributed by atoms with Crippen LogP contribution < -0.4 is 15.4 Å². The SMILES string of the molecule is O=C1N[C@@]2(C[C@H]3CC[C@@H]2C[C@@H]3C(=O)NCCc2ccncc2)Oc2ccccc21. The summed E-state index contributed by atoms with van der Waals surface area (Å²) >= 11 is 0. The van der Waals surface area contributed by atoms with Crippen LogP contribution in [0.3, 0.4) is 0 Å². The fourth-order valence-electron chi connectivity index (χ4n) is 5.29. The molecule has 2 amide bonds. The monoisotopic (exact) mass is 391 g/mol. The molecule has 29 heavy (non-hydrogen) atoms. The summed E-state index contributed by atoms with van der Waals surface area (Å²) in [6.45, 7) is 0.627.